The van der Waals surface area contributed by atoms with E-state index in [0.29, 0.717) is 0 Å². The van der Waals surface area contributed by atoms with Gasteiger partial charge in [0.1, 0.15) is 4.70 Å². The lowest BCUT2D eigenvalue weighted by Gasteiger charge is -2.28. The summed E-state index contributed by atoms with van der Waals surface area (Å²) in [6, 6.07) is 8.29. The molecule has 4 aromatic rings. The topological polar surface area (TPSA) is 66.9 Å². The first-order valence-corrected chi connectivity index (χ1v) is 8.78. The zero-order chi connectivity index (χ0) is 15.9. The predicted octanol–water partition coefficient (Wildman–Crippen LogP) is 3.07. The molecule has 0 radical (unpaired) electrons. The quantitative estimate of drug-likeness (QED) is 0.609. The Labute approximate surface area is 142 Å². The zero-order valence-corrected chi connectivity index (χ0v) is 13.7. The molecule has 0 atom stereocenters. The molecule has 5 rings (SSSR count). The number of morpholine rings is 1. The number of anilines is 1. The molecule has 0 bridgehead atoms. The van der Waals surface area contributed by atoms with E-state index in [0.717, 1.165) is 64.8 Å². The Morgan fingerprint density at radius 3 is 2.96 bits per heavy atom. The average molecular weight is 337 g/mol. The first kappa shape index (κ1) is 13.9. The Balaban J connectivity index is 1.67. The third kappa shape index (κ3) is 2.24. The Morgan fingerprint density at radius 1 is 1.12 bits per heavy atom. The lowest BCUT2D eigenvalue weighted by atomic mass is 10.1. The fraction of sp³-hybridized carbons (Fsp3) is 0.235. The minimum Gasteiger partial charge on any atom is -0.378 e. The van der Waals surface area contributed by atoms with E-state index in [1.165, 1.54) is 0 Å². The van der Waals surface area contributed by atoms with Crippen LogP contribution in [0.4, 0.5) is 5.82 Å². The van der Waals surface area contributed by atoms with Crippen LogP contribution in [0.5, 0.6) is 0 Å². The number of hydrogen-bond donors (Lipinski definition) is 1. The molecule has 1 fully saturated rings. The number of thiazole rings is 1. The van der Waals surface area contributed by atoms with E-state index in [-0.39, 0.29) is 0 Å². The van der Waals surface area contributed by atoms with E-state index in [1.807, 2.05) is 11.7 Å². The van der Waals surface area contributed by atoms with Crippen molar-refractivity contribution in [3.63, 3.8) is 0 Å². The van der Waals surface area contributed by atoms with Crippen molar-refractivity contribution >= 4 is 38.4 Å². The molecule has 0 spiro atoms. The highest BCUT2D eigenvalue weighted by Crippen LogP contribution is 2.31. The number of aromatic amines is 1. The van der Waals surface area contributed by atoms with Gasteiger partial charge in [-0.2, -0.15) is 0 Å². The first-order valence-electron chi connectivity index (χ1n) is 7.90. The van der Waals surface area contributed by atoms with Crippen LogP contribution in [-0.2, 0) is 4.74 Å². The number of rotatable bonds is 2. The molecule has 1 saturated heterocycles. The lowest BCUT2D eigenvalue weighted by molar-refractivity contribution is 0.122. The second-order valence-electron chi connectivity index (χ2n) is 5.76. The molecule has 3 aromatic heterocycles. The summed E-state index contributed by atoms with van der Waals surface area (Å²) in [5.41, 5.74) is 4.72. The molecular weight excluding hydrogens is 322 g/mol. The molecule has 0 saturated carbocycles. The third-order valence-corrected chi connectivity index (χ3v) is 5.11. The molecule has 24 heavy (non-hydrogen) atoms. The summed E-state index contributed by atoms with van der Waals surface area (Å²) in [5.74, 6) is 1.69. The van der Waals surface area contributed by atoms with Crippen molar-refractivity contribution in [1.29, 1.82) is 0 Å². The van der Waals surface area contributed by atoms with Crippen LogP contribution in [0, 0.1) is 0 Å². The van der Waals surface area contributed by atoms with Crippen molar-refractivity contribution < 1.29 is 4.74 Å². The molecule has 0 aliphatic carbocycles. The molecule has 1 aromatic carbocycles. The van der Waals surface area contributed by atoms with Gasteiger partial charge in [-0.25, -0.2) is 15.0 Å². The maximum absolute atomic E-state index is 5.47. The van der Waals surface area contributed by atoms with Crippen LogP contribution in [0.15, 0.2) is 36.0 Å². The van der Waals surface area contributed by atoms with Crippen molar-refractivity contribution in [3.8, 4) is 11.4 Å². The van der Waals surface area contributed by atoms with Crippen LogP contribution in [-0.4, -0.2) is 46.2 Å². The zero-order valence-electron chi connectivity index (χ0n) is 12.9. The SMILES string of the molecule is c1cc2cc(-c3nc(N4CCOCC4)c4scnc4n3)ccc2[nH]1. The van der Waals surface area contributed by atoms with Gasteiger partial charge in [-0.15, -0.1) is 11.3 Å². The van der Waals surface area contributed by atoms with Gasteiger partial charge in [0.25, 0.3) is 0 Å². The van der Waals surface area contributed by atoms with Crippen LogP contribution in [0.1, 0.15) is 0 Å². The van der Waals surface area contributed by atoms with Crippen LogP contribution in [0.25, 0.3) is 32.6 Å². The number of ether oxygens (including phenoxy) is 1. The second kappa shape index (κ2) is 5.54. The predicted molar refractivity (Wildman–Crippen MR) is 95.5 cm³/mol. The fourth-order valence-electron chi connectivity index (χ4n) is 3.06. The van der Waals surface area contributed by atoms with Gasteiger partial charge in [0.05, 0.1) is 18.7 Å². The number of H-pyrrole nitrogens is 1. The Kier molecular flexibility index (Phi) is 3.20. The Bertz CT molecular complexity index is 1020. The largest absolute Gasteiger partial charge is 0.378 e. The van der Waals surface area contributed by atoms with Crippen LogP contribution in [0.3, 0.4) is 0 Å². The molecule has 4 heterocycles. The molecule has 0 amide bonds. The van der Waals surface area contributed by atoms with E-state index in [9.17, 15) is 0 Å². The number of benzene rings is 1. The maximum atomic E-state index is 5.47. The Hall–Kier alpha value is -2.51. The highest BCUT2D eigenvalue weighted by molar-refractivity contribution is 7.17. The lowest BCUT2D eigenvalue weighted by Crippen LogP contribution is -2.36. The van der Waals surface area contributed by atoms with Gasteiger partial charge in [-0.3, -0.25) is 0 Å². The first-order chi connectivity index (χ1) is 11.9. The van der Waals surface area contributed by atoms with Gasteiger partial charge in [-0.1, -0.05) is 0 Å². The molecule has 1 N–H and O–H groups in total. The van der Waals surface area contributed by atoms with E-state index in [2.05, 4.69) is 44.1 Å². The highest BCUT2D eigenvalue weighted by atomic mass is 32.1. The molecule has 0 unspecified atom stereocenters. The van der Waals surface area contributed by atoms with Gasteiger partial charge < -0.3 is 14.6 Å². The summed E-state index contributed by atoms with van der Waals surface area (Å²) >= 11 is 1.59. The minimum absolute atomic E-state index is 0.720. The summed E-state index contributed by atoms with van der Waals surface area (Å²) in [5, 5.41) is 1.15. The monoisotopic (exact) mass is 337 g/mol. The number of nitrogens with zero attached hydrogens (tertiary/aromatic N) is 4. The van der Waals surface area contributed by atoms with Gasteiger partial charge in [0.15, 0.2) is 17.3 Å². The van der Waals surface area contributed by atoms with E-state index in [1.54, 1.807) is 11.3 Å². The third-order valence-electron chi connectivity index (χ3n) is 4.30. The van der Waals surface area contributed by atoms with Crippen molar-refractivity contribution in [2.45, 2.75) is 0 Å². The van der Waals surface area contributed by atoms with E-state index < -0.39 is 0 Å². The van der Waals surface area contributed by atoms with Crippen LogP contribution in [0.2, 0.25) is 0 Å². The minimum atomic E-state index is 0.720. The van der Waals surface area contributed by atoms with Crippen molar-refractivity contribution in [2.24, 2.45) is 0 Å². The fourth-order valence-corrected chi connectivity index (χ4v) is 3.80. The van der Waals surface area contributed by atoms with Crippen LogP contribution >= 0.6 is 11.3 Å². The maximum Gasteiger partial charge on any atom is 0.176 e. The van der Waals surface area contributed by atoms with Crippen molar-refractivity contribution in [1.82, 2.24) is 19.9 Å². The number of nitrogens with one attached hydrogen (secondary N) is 1. The smallest absolute Gasteiger partial charge is 0.176 e. The second-order valence-corrected chi connectivity index (χ2v) is 6.61. The van der Waals surface area contributed by atoms with Gasteiger partial charge in [0, 0.05) is 35.8 Å². The molecule has 6 nitrogen and oxygen atoms in total. The van der Waals surface area contributed by atoms with Gasteiger partial charge in [0.2, 0.25) is 0 Å². The van der Waals surface area contributed by atoms with E-state index in [4.69, 9.17) is 9.72 Å². The number of fused-ring (bicyclic) bond motifs is 2. The molecule has 120 valence electrons. The summed E-state index contributed by atoms with van der Waals surface area (Å²) in [6.07, 6.45) is 1.94. The van der Waals surface area contributed by atoms with Crippen molar-refractivity contribution in [2.75, 3.05) is 31.2 Å². The van der Waals surface area contributed by atoms with Gasteiger partial charge >= 0.3 is 0 Å². The molecule has 7 heteroatoms. The summed E-state index contributed by atoms with van der Waals surface area (Å²) in [4.78, 5) is 19.4. The standard InChI is InChI=1S/C17H15N5OS/c1-2-13-11(3-4-18-13)9-12(1)15-20-16-14(24-10-19-16)17(21-15)22-5-7-23-8-6-22/h1-4,9-10,18H,5-8H2. The summed E-state index contributed by atoms with van der Waals surface area (Å²) < 4.78 is 6.51. The summed E-state index contributed by atoms with van der Waals surface area (Å²) in [7, 11) is 0. The number of hydrogen-bond acceptors (Lipinski definition) is 6. The molecule has 1 aliphatic heterocycles. The highest BCUT2D eigenvalue weighted by Gasteiger charge is 2.19. The summed E-state index contributed by atoms with van der Waals surface area (Å²) in [6.45, 7) is 3.16. The van der Waals surface area contributed by atoms with Crippen LogP contribution < -0.4 is 4.90 Å². The normalized spacial score (nSPS) is 15.4. The van der Waals surface area contributed by atoms with E-state index >= 15 is 0 Å². The van der Waals surface area contributed by atoms with Crippen molar-refractivity contribution in [3.05, 3.63) is 36.0 Å². The molecular formula is C17H15N5OS. The number of aromatic nitrogens is 4. The van der Waals surface area contributed by atoms with Gasteiger partial charge in [-0.05, 0) is 24.3 Å². The Morgan fingerprint density at radius 2 is 2.04 bits per heavy atom. The molecule has 1 aliphatic rings. The average Bonchev–Trinajstić information content (AvgIpc) is 3.29.